The zero-order valence-electron chi connectivity index (χ0n) is 13.5. The molecule has 0 saturated carbocycles. The van der Waals surface area contributed by atoms with Gasteiger partial charge in [-0.1, -0.05) is 23.4 Å². The van der Waals surface area contributed by atoms with E-state index in [1.165, 1.54) is 23.1 Å². The van der Waals surface area contributed by atoms with Crippen LogP contribution in [0.3, 0.4) is 0 Å². The fraction of sp³-hybridized carbons (Fsp3) is 0.333. The zero-order chi connectivity index (χ0) is 17.3. The van der Waals surface area contributed by atoms with Crippen molar-refractivity contribution in [2.24, 2.45) is 0 Å². The molecule has 0 aliphatic rings. The predicted molar refractivity (Wildman–Crippen MR) is 96.8 cm³/mol. The summed E-state index contributed by atoms with van der Waals surface area (Å²) in [5.74, 6) is 0.859. The van der Waals surface area contributed by atoms with E-state index in [0.717, 1.165) is 20.6 Å². The second-order valence-electron chi connectivity index (χ2n) is 5.39. The lowest BCUT2D eigenvalue weighted by Crippen LogP contribution is -2.27. The maximum absolute atomic E-state index is 12.3. The molecule has 0 fully saturated rings. The minimum atomic E-state index is 0.0178. The largest absolute Gasteiger partial charge is 0.340 e. The highest BCUT2D eigenvalue weighted by Crippen LogP contribution is 2.23. The van der Waals surface area contributed by atoms with Gasteiger partial charge in [0, 0.05) is 23.3 Å². The molecule has 3 rings (SSSR count). The van der Waals surface area contributed by atoms with E-state index in [2.05, 4.69) is 15.1 Å². The van der Waals surface area contributed by atoms with Crippen molar-refractivity contribution in [3.8, 4) is 0 Å². The Morgan fingerprint density at radius 1 is 1.38 bits per heavy atom. The van der Waals surface area contributed by atoms with Crippen LogP contribution in [0.15, 0.2) is 23.4 Å². The summed E-state index contributed by atoms with van der Waals surface area (Å²) in [7, 11) is 1.78. The molecule has 0 saturated heterocycles. The number of aromatic nitrogens is 4. The molecule has 0 aliphatic carbocycles. The van der Waals surface area contributed by atoms with E-state index in [1.54, 1.807) is 16.5 Å². The number of hydrogen-bond donors (Lipinski definition) is 0. The van der Waals surface area contributed by atoms with Crippen molar-refractivity contribution in [1.82, 2.24) is 24.5 Å². The molecule has 3 heterocycles. The van der Waals surface area contributed by atoms with Crippen molar-refractivity contribution in [3.63, 3.8) is 0 Å². The number of rotatable bonds is 5. The summed E-state index contributed by atoms with van der Waals surface area (Å²) in [4.78, 5) is 23.7. The van der Waals surface area contributed by atoms with Gasteiger partial charge in [0.15, 0.2) is 0 Å². The fourth-order valence-corrected chi connectivity index (χ4v) is 4.10. The Hall–Kier alpha value is -1.64. The summed E-state index contributed by atoms with van der Waals surface area (Å²) in [5.41, 5.74) is 1.87. The first-order valence-corrected chi connectivity index (χ1v) is 9.42. The number of carbonyl (C=O) groups is 1. The van der Waals surface area contributed by atoms with Crippen molar-refractivity contribution >= 4 is 46.4 Å². The number of thioether (sulfide) groups is 1. The third-order valence-electron chi connectivity index (χ3n) is 3.37. The number of hydrogen-bond acceptors (Lipinski definition) is 6. The highest BCUT2D eigenvalue weighted by atomic mass is 35.5. The lowest BCUT2D eigenvalue weighted by Gasteiger charge is -2.15. The van der Waals surface area contributed by atoms with Gasteiger partial charge in [0.05, 0.1) is 16.6 Å². The molecule has 3 aromatic heterocycles. The Labute approximate surface area is 152 Å². The summed E-state index contributed by atoms with van der Waals surface area (Å²) in [6, 6.07) is 5.72. The quantitative estimate of drug-likeness (QED) is 0.635. The van der Waals surface area contributed by atoms with E-state index in [9.17, 15) is 4.79 Å². The molecule has 126 valence electrons. The number of amides is 1. The molecule has 0 N–H and O–H groups in total. The standard InChI is InChI=1S/C15H16ClN5OS2/c1-9-6-10(2)21-14(17-9)18-15(19-21)23-8-13(22)20(3)7-11-4-5-12(16)24-11/h4-6H,7-8H2,1-3H3. The van der Waals surface area contributed by atoms with Crippen LogP contribution in [0.4, 0.5) is 0 Å². The molecule has 0 aliphatic heterocycles. The molecule has 9 heteroatoms. The summed E-state index contributed by atoms with van der Waals surface area (Å²) in [5, 5.41) is 4.94. The van der Waals surface area contributed by atoms with E-state index in [-0.39, 0.29) is 11.7 Å². The fourth-order valence-electron chi connectivity index (χ4n) is 2.20. The van der Waals surface area contributed by atoms with Gasteiger partial charge in [-0.05, 0) is 32.0 Å². The highest BCUT2D eigenvalue weighted by Gasteiger charge is 2.14. The Morgan fingerprint density at radius 2 is 2.17 bits per heavy atom. The zero-order valence-corrected chi connectivity index (χ0v) is 15.9. The van der Waals surface area contributed by atoms with Gasteiger partial charge < -0.3 is 4.90 Å². The first-order valence-electron chi connectivity index (χ1n) is 7.24. The molecule has 0 radical (unpaired) electrons. The second-order valence-corrected chi connectivity index (χ2v) is 8.13. The van der Waals surface area contributed by atoms with Crippen LogP contribution < -0.4 is 0 Å². The number of thiophene rings is 1. The first kappa shape index (κ1) is 17.2. The van der Waals surface area contributed by atoms with E-state index in [0.29, 0.717) is 17.5 Å². The van der Waals surface area contributed by atoms with Crippen LogP contribution in [0.5, 0.6) is 0 Å². The van der Waals surface area contributed by atoms with Crippen molar-refractivity contribution in [2.75, 3.05) is 12.8 Å². The highest BCUT2D eigenvalue weighted by molar-refractivity contribution is 7.99. The van der Waals surface area contributed by atoms with E-state index >= 15 is 0 Å². The number of halogens is 1. The SMILES string of the molecule is Cc1cc(C)n2nc(SCC(=O)N(C)Cc3ccc(Cl)s3)nc2n1. The molecular weight excluding hydrogens is 366 g/mol. The van der Waals surface area contributed by atoms with Gasteiger partial charge in [-0.2, -0.15) is 4.98 Å². The van der Waals surface area contributed by atoms with Gasteiger partial charge in [-0.25, -0.2) is 9.50 Å². The van der Waals surface area contributed by atoms with E-state index < -0.39 is 0 Å². The minimum absolute atomic E-state index is 0.0178. The lowest BCUT2D eigenvalue weighted by atomic mass is 10.4. The molecule has 24 heavy (non-hydrogen) atoms. The topological polar surface area (TPSA) is 63.4 Å². The maximum Gasteiger partial charge on any atom is 0.253 e. The number of aryl methyl sites for hydroxylation is 2. The van der Waals surface area contributed by atoms with Gasteiger partial charge in [-0.15, -0.1) is 16.4 Å². The first-order chi connectivity index (χ1) is 11.4. The Kier molecular flexibility index (Phi) is 5.07. The molecule has 1 amide bonds. The average Bonchev–Trinajstić information content (AvgIpc) is 3.10. The van der Waals surface area contributed by atoms with Crippen molar-refractivity contribution in [2.45, 2.75) is 25.5 Å². The molecule has 0 unspecified atom stereocenters. The number of nitrogens with zero attached hydrogens (tertiary/aromatic N) is 5. The molecule has 0 bridgehead atoms. The number of carbonyl (C=O) groups excluding carboxylic acids is 1. The Bertz CT molecular complexity index is 891. The molecule has 0 atom stereocenters. The summed E-state index contributed by atoms with van der Waals surface area (Å²) in [6.07, 6.45) is 0. The van der Waals surface area contributed by atoms with Crippen LogP contribution in [-0.2, 0) is 11.3 Å². The van der Waals surface area contributed by atoms with Crippen molar-refractivity contribution in [3.05, 3.63) is 38.8 Å². The number of fused-ring (bicyclic) bond motifs is 1. The van der Waals surface area contributed by atoms with Gasteiger partial charge >= 0.3 is 0 Å². The van der Waals surface area contributed by atoms with Crippen LogP contribution >= 0.6 is 34.7 Å². The van der Waals surface area contributed by atoms with Crippen molar-refractivity contribution < 1.29 is 4.79 Å². The van der Waals surface area contributed by atoms with Gasteiger partial charge in [0.1, 0.15) is 0 Å². The summed E-state index contributed by atoms with van der Waals surface area (Å²) >= 11 is 8.71. The van der Waals surface area contributed by atoms with E-state index in [1.807, 2.05) is 32.0 Å². The van der Waals surface area contributed by atoms with Crippen LogP contribution in [0, 0.1) is 13.8 Å². The van der Waals surface area contributed by atoms with Crippen LogP contribution in [0.2, 0.25) is 4.34 Å². The van der Waals surface area contributed by atoms with Crippen molar-refractivity contribution in [1.29, 1.82) is 0 Å². The Morgan fingerprint density at radius 3 is 2.88 bits per heavy atom. The molecule has 0 spiro atoms. The minimum Gasteiger partial charge on any atom is -0.340 e. The van der Waals surface area contributed by atoms with Crippen LogP contribution in [-0.4, -0.2) is 43.2 Å². The van der Waals surface area contributed by atoms with Crippen LogP contribution in [0.25, 0.3) is 5.78 Å². The Balaban J connectivity index is 1.62. The molecule has 0 aromatic carbocycles. The van der Waals surface area contributed by atoms with E-state index in [4.69, 9.17) is 11.6 Å². The predicted octanol–water partition coefficient (Wildman–Crippen LogP) is 3.21. The molecule has 6 nitrogen and oxygen atoms in total. The van der Waals surface area contributed by atoms with Gasteiger partial charge in [0.25, 0.3) is 5.78 Å². The maximum atomic E-state index is 12.3. The smallest absolute Gasteiger partial charge is 0.253 e. The third-order valence-corrected chi connectivity index (χ3v) is 5.41. The van der Waals surface area contributed by atoms with Crippen LogP contribution in [0.1, 0.15) is 16.3 Å². The molecular formula is C15H16ClN5OS2. The second kappa shape index (κ2) is 7.08. The summed E-state index contributed by atoms with van der Waals surface area (Å²) in [6.45, 7) is 4.43. The third kappa shape index (κ3) is 3.88. The normalized spacial score (nSPS) is 11.2. The monoisotopic (exact) mass is 381 g/mol. The molecule has 3 aromatic rings. The van der Waals surface area contributed by atoms with Gasteiger partial charge in [-0.3, -0.25) is 4.79 Å². The average molecular weight is 382 g/mol. The lowest BCUT2D eigenvalue weighted by molar-refractivity contribution is -0.127. The van der Waals surface area contributed by atoms with Gasteiger partial charge in [0.2, 0.25) is 11.1 Å². The summed E-state index contributed by atoms with van der Waals surface area (Å²) < 4.78 is 2.42.